The molecule has 17 heavy (non-hydrogen) atoms. The summed E-state index contributed by atoms with van der Waals surface area (Å²) in [6.45, 7) is 6.69. The minimum Gasteiger partial charge on any atom is -0.481 e. The molecule has 1 aromatic rings. The van der Waals surface area contributed by atoms with E-state index in [1.54, 1.807) is 7.11 Å². The van der Waals surface area contributed by atoms with Crippen LogP contribution in [-0.2, 0) is 6.42 Å². The summed E-state index contributed by atoms with van der Waals surface area (Å²) in [5.74, 6) is 1.42. The predicted octanol–water partition coefficient (Wildman–Crippen LogP) is 2.66. The summed E-state index contributed by atoms with van der Waals surface area (Å²) in [5, 5.41) is 3.45. The summed E-state index contributed by atoms with van der Waals surface area (Å²) >= 11 is 0. The first-order chi connectivity index (χ1) is 8.22. The smallest absolute Gasteiger partial charge is 0.212 e. The molecule has 1 rings (SSSR count). The Morgan fingerprint density at radius 1 is 1.29 bits per heavy atom. The summed E-state index contributed by atoms with van der Waals surface area (Å²) < 4.78 is 5.03. The number of aromatic nitrogens is 1. The van der Waals surface area contributed by atoms with Crippen molar-refractivity contribution in [3.8, 4) is 5.88 Å². The molecule has 0 bridgehead atoms. The van der Waals surface area contributed by atoms with Gasteiger partial charge in [-0.15, -0.1) is 0 Å². The highest BCUT2D eigenvalue weighted by atomic mass is 16.5. The second-order valence-electron chi connectivity index (χ2n) is 4.76. The van der Waals surface area contributed by atoms with Crippen LogP contribution in [0.4, 0.5) is 0 Å². The van der Waals surface area contributed by atoms with Crippen LogP contribution in [0.1, 0.15) is 32.3 Å². The largest absolute Gasteiger partial charge is 0.481 e. The second-order valence-corrected chi connectivity index (χ2v) is 4.76. The van der Waals surface area contributed by atoms with Crippen LogP contribution in [0.2, 0.25) is 0 Å². The fraction of sp³-hybridized carbons (Fsp3) is 0.643. The van der Waals surface area contributed by atoms with Crippen molar-refractivity contribution in [3.63, 3.8) is 0 Å². The Balaban J connectivity index is 2.09. The molecular weight excluding hydrogens is 212 g/mol. The molecule has 0 unspecified atom stereocenters. The number of nitrogens with one attached hydrogen (secondary N) is 1. The maximum atomic E-state index is 5.03. The topological polar surface area (TPSA) is 34.1 Å². The van der Waals surface area contributed by atoms with Gasteiger partial charge in [-0.05, 0) is 43.8 Å². The van der Waals surface area contributed by atoms with Gasteiger partial charge in [0.25, 0.3) is 0 Å². The molecule has 0 atom stereocenters. The molecule has 3 heteroatoms. The lowest BCUT2D eigenvalue weighted by Gasteiger charge is -2.07. The SMILES string of the molecule is COc1ccc(CCCCNCC(C)C)cn1. The maximum Gasteiger partial charge on any atom is 0.212 e. The van der Waals surface area contributed by atoms with Crippen molar-refractivity contribution >= 4 is 0 Å². The molecule has 1 aromatic heterocycles. The van der Waals surface area contributed by atoms with Gasteiger partial charge in [-0.1, -0.05) is 19.9 Å². The molecule has 1 N–H and O–H groups in total. The minimum atomic E-state index is 0.687. The zero-order chi connectivity index (χ0) is 12.5. The molecule has 0 spiro atoms. The number of hydrogen-bond acceptors (Lipinski definition) is 3. The van der Waals surface area contributed by atoms with Crippen molar-refractivity contribution in [3.05, 3.63) is 23.9 Å². The first-order valence-electron chi connectivity index (χ1n) is 6.42. The summed E-state index contributed by atoms with van der Waals surface area (Å²) in [6, 6.07) is 4.01. The van der Waals surface area contributed by atoms with Crippen LogP contribution in [0.15, 0.2) is 18.3 Å². The van der Waals surface area contributed by atoms with Gasteiger partial charge in [0.15, 0.2) is 0 Å². The zero-order valence-electron chi connectivity index (χ0n) is 11.2. The van der Waals surface area contributed by atoms with Crippen LogP contribution in [-0.4, -0.2) is 25.2 Å². The number of ether oxygens (including phenoxy) is 1. The monoisotopic (exact) mass is 236 g/mol. The second kappa shape index (κ2) is 8.07. The highest BCUT2D eigenvalue weighted by Gasteiger charge is 1.97. The Kier molecular flexibility index (Phi) is 6.63. The number of methoxy groups -OCH3 is 1. The molecule has 0 saturated carbocycles. The molecule has 0 radical (unpaired) electrons. The molecule has 0 saturated heterocycles. The zero-order valence-corrected chi connectivity index (χ0v) is 11.2. The van der Waals surface area contributed by atoms with Gasteiger partial charge < -0.3 is 10.1 Å². The Morgan fingerprint density at radius 3 is 2.71 bits per heavy atom. The minimum absolute atomic E-state index is 0.687. The van der Waals surface area contributed by atoms with Crippen molar-refractivity contribution in [2.45, 2.75) is 33.1 Å². The van der Waals surface area contributed by atoms with Crippen molar-refractivity contribution in [2.24, 2.45) is 5.92 Å². The van der Waals surface area contributed by atoms with E-state index in [0.717, 1.165) is 25.4 Å². The number of hydrogen-bond donors (Lipinski definition) is 1. The molecule has 0 fully saturated rings. The molecular formula is C14H24N2O. The highest BCUT2D eigenvalue weighted by molar-refractivity contribution is 5.17. The van der Waals surface area contributed by atoms with Crippen molar-refractivity contribution in [2.75, 3.05) is 20.2 Å². The first kappa shape index (κ1) is 14.0. The highest BCUT2D eigenvalue weighted by Crippen LogP contribution is 2.09. The average molecular weight is 236 g/mol. The molecule has 0 amide bonds. The van der Waals surface area contributed by atoms with Crippen LogP contribution in [0.3, 0.4) is 0 Å². The molecule has 96 valence electrons. The predicted molar refractivity (Wildman–Crippen MR) is 71.4 cm³/mol. The lowest BCUT2D eigenvalue weighted by Crippen LogP contribution is -2.20. The van der Waals surface area contributed by atoms with E-state index in [4.69, 9.17) is 4.74 Å². The van der Waals surface area contributed by atoms with Crippen LogP contribution in [0, 0.1) is 5.92 Å². The fourth-order valence-electron chi connectivity index (χ4n) is 1.65. The molecule has 0 aliphatic carbocycles. The van der Waals surface area contributed by atoms with E-state index in [9.17, 15) is 0 Å². The van der Waals surface area contributed by atoms with Gasteiger partial charge in [0, 0.05) is 12.3 Å². The third-order valence-corrected chi connectivity index (χ3v) is 2.63. The van der Waals surface area contributed by atoms with E-state index in [-0.39, 0.29) is 0 Å². The van der Waals surface area contributed by atoms with Crippen molar-refractivity contribution in [1.82, 2.24) is 10.3 Å². The quantitative estimate of drug-likeness (QED) is 0.705. The fourth-order valence-corrected chi connectivity index (χ4v) is 1.65. The number of nitrogens with zero attached hydrogens (tertiary/aromatic N) is 1. The third-order valence-electron chi connectivity index (χ3n) is 2.63. The third kappa shape index (κ3) is 6.27. The number of aryl methyl sites for hydroxylation is 1. The molecule has 3 nitrogen and oxygen atoms in total. The standard InChI is InChI=1S/C14H24N2O/c1-12(2)10-15-9-5-4-6-13-7-8-14(17-3)16-11-13/h7-8,11-12,15H,4-6,9-10H2,1-3H3. The van der Waals surface area contributed by atoms with Crippen LogP contribution < -0.4 is 10.1 Å². The van der Waals surface area contributed by atoms with E-state index < -0.39 is 0 Å². The van der Waals surface area contributed by atoms with Gasteiger partial charge in [-0.3, -0.25) is 0 Å². The van der Waals surface area contributed by atoms with E-state index in [1.165, 1.54) is 18.4 Å². The molecule has 0 aliphatic rings. The summed E-state index contributed by atoms with van der Waals surface area (Å²) in [6.07, 6.45) is 5.43. The Bertz CT molecular complexity index is 296. The Hall–Kier alpha value is -1.09. The Morgan fingerprint density at radius 2 is 2.12 bits per heavy atom. The summed E-state index contributed by atoms with van der Waals surface area (Å²) in [7, 11) is 1.64. The van der Waals surface area contributed by atoms with Crippen LogP contribution in [0.25, 0.3) is 0 Å². The van der Waals surface area contributed by atoms with Gasteiger partial charge in [0.1, 0.15) is 0 Å². The van der Waals surface area contributed by atoms with Gasteiger partial charge in [-0.2, -0.15) is 0 Å². The van der Waals surface area contributed by atoms with Crippen LogP contribution >= 0.6 is 0 Å². The lowest BCUT2D eigenvalue weighted by atomic mass is 10.1. The van der Waals surface area contributed by atoms with Crippen molar-refractivity contribution in [1.29, 1.82) is 0 Å². The molecule has 1 heterocycles. The van der Waals surface area contributed by atoms with E-state index >= 15 is 0 Å². The van der Waals surface area contributed by atoms with E-state index in [1.807, 2.05) is 12.3 Å². The molecule has 0 aromatic carbocycles. The van der Waals surface area contributed by atoms with Gasteiger partial charge in [0.05, 0.1) is 7.11 Å². The summed E-state index contributed by atoms with van der Waals surface area (Å²) in [4.78, 5) is 4.20. The van der Waals surface area contributed by atoms with Gasteiger partial charge in [0.2, 0.25) is 5.88 Å². The van der Waals surface area contributed by atoms with E-state index in [2.05, 4.69) is 30.2 Å². The molecule has 0 aliphatic heterocycles. The van der Waals surface area contributed by atoms with Gasteiger partial charge in [-0.25, -0.2) is 4.98 Å². The normalized spacial score (nSPS) is 10.8. The number of unbranched alkanes of at least 4 members (excludes halogenated alkanes) is 1. The first-order valence-corrected chi connectivity index (χ1v) is 6.42. The maximum absolute atomic E-state index is 5.03. The Labute approximate surface area is 105 Å². The van der Waals surface area contributed by atoms with Crippen molar-refractivity contribution < 1.29 is 4.74 Å². The average Bonchev–Trinajstić information content (AvgIpc) is 2.34. The van der Waals surface area contributed by atoms with Crippen LogP contribution in [0.5, 0.6) is 5.88 Å². The lowest BCUT2D eigenvalue weighted by molar-refractivity contribution is 0.397. The van der Waals surface area contributed by atoms with E-state index in [0.29, 0.717) is 5.88 Å². The number of pyridine rings is 1. The summed E-state index contributed by atoms with van der Waals surface area (Å²) in [5.41, 5.74) is 1.29. The number of rotatable bonds is 8. The van der Waals surface area contributed by atoms with Gasteiger partial charge >= 0.3 is 0 Å².